The van der Waals surface area contributed by atoms with Gasteiger partial charge in [-0.3, -0.25) is 4.79 Å². The number of halogens is 1. The van der Waals surface area contributed by atoms with Crippen molar-refractivity contribution in [2.45, 2.75) is 4.90 Å². The maximum absolute atomic E-state index is 11.9. The third kappa shape index (κ3) is 4.57. The molecule has 0 saturated heterocycles. The van der Waals surface area contributed by atoms with E-state index in [9.17, 15) is 9.59 Å². The molecule has 0 atom stereocenters. The van der Waals surface area contributed by atoms with E-state index in [1.165, 1.54) is 0 Å². The number of Topliss-reactive ketones (excluding diaryl/α,β-unsaturated/α-hetero) is 1. The summed E-state index contributed by atoms with van der Waals surface area (Å²) in [6, 6.07) is 14.2. The van der Waals surface area contributed by atoms with Crippen LogP contribution >= 0.6 is 34.4 Å². The zero-order valence-corrected chi connectivity index (χ0v) is 14.3. The highest BCUT2D eigenvalue weighted by Crippen LogP contribution is 2.15. The van der Waals surface area contributed by atoms with Crippen molar-refractivity contribution in [3.05, 3.63) is 63.2 Å². The van der Waals surface area contributed by atoms with Crippen LogP contribution < -0.4 is 0 Å². The van der Waals surface area contributed by atoms with E-state index >= 15 is 0 Å². The average Bonchev–Trinajstić information content (AvgIpc) is 2.53. The van der Waals surface area contributed by atoms with Gasteiger partial charge < -0.3 is 4.74 Å². The first kappa shape index (κ1) is 16.0. The first-order chi connectivity index (χ1) is 10.1. The van der Waals surface area contributed by atoms with Gasteiger partial charge in [0.05, 0.1) is 5.56 Å². The third-order valence-electron chi connectivity index (χ3n) is 2.83. The van der Waals surface area contributed by atoms with Crippen LogP contribution in [0.3, 0.4) is 0 Å². The van der Waals surface area contributed by atoms with E-state index < -0.39 is 5.97 Å². The minimum atomic E-state index is -0.485. The Bertz CT molecular complexity index is 636. The van der Waals surface area contributed by atoms with Crippen molar-refractivity contribution >= 4 is 46.1 Å². The molecule has 0 aromatic heterocycles. The lowest BCUT2D eigenvalue weighted by Crippen LogP contribution is -2.14. The quantitative estimate of drug-likeness (QED) is 0.322. The standard InChI is InChI=1S/C16H13IO3S/c1-21-14-8-4-12(5-9-14)16(19)20-10-15(18)11-2-6-13(17)7-3-11/h2-9H,10H2,1H3. The zero-order chi connectivity index (χ0) is 15.2. The Kier molecular flexibility index (Phi) is 5.81. The molecular formula is C16H13IO3S. The highest BCUT2D eigenvalue weighted by atomic mass is 127. The smallest absolute Gasteiger partial charge is 0.338 e. The topological polar surface area (TPSA) is 43.4 Å². The maximum atomic E-state index is 11.9. The van der Waals surface area contributed by atoms with Crippen LogP contribution in [-0.2, 0) is 4.74 Å². The number of hydrogen-bond donors (Lipinski definition) is 0. The second-order valence-corrected chi connectivity index (χ2v) is 6.36. The van der Waals surface area contributed by atoms with Crippen molar-refractivity contribution in [3.63, 3.8) is 0 Å². The lowest BCUT2D eigenvalue weighted by atomic mass is 10.1. The Morgan fingerprint density at radius 3 is 2.14 bits per heavy atom. The van der Waals surface area contributed by atoms with Gasteiger partial charge in [-0.15, -0.1) is 11.8 Å². The first-order valence-electron chi connectivity index (χ1n) is 6.20. The molecule has 3 nitrogen and oxygen atoms in total. The zero-order valence-electron chi connectivity index (χ0n) is 11.3. The fraction of sp³-hybridized carbons (Fsp3) is 0.125. The van der Waals surface area contributed by atoms with E-state index in [1.54, 1.807) is 36.0 Å². The number of rotatable bonds is 5. The van der Waals surface area contributed by atoms with Gasteiger partial charge in [-0.2, -0.15) is 0 Å². The lowest BCUT2D eigenvalue weighted by Gasteiger charge is -2.05. The van der Waals surface area contributed by atoms with E-state index in [4.69, 9.17) is 4.74 Å². The summed E-state index contributed by atoms with van der Waals surface area (Å²) in [5.41, 5.74) is 0.990. The van der Waals surface area contributed by atoms with E-state index in [1.807, 2.05) is 30.5 Å². The van der Waals surface area contributed by atoms with Crippen molar-refractivity contribution in [3.8, 4) is 0 Å². The molecule has 108 valence electrons. The van der Waals surface area contributed by atoms with E-state index in [2.05, 4.69) is 22.6 Å². The van der Waals surface area contributed by atoms with Gasteiger partial charge in [-0.05, 0) is 65.2 Å². The van der Waals surface area contributed by atoms with Gasteiger partial charge in [0.15, 0.2) is 12.4 Å². The van der Waals surface area contributed by atoms with Crippen LogP contribution in [0.1, 0.15) is 20.7 Å². The molecular weight excluding hydrogens is 399 g/mol. The summed E-state index contributed by atoms with van der Waals surface area (Å²) >= 11 is 3.77. The summed E-state index contributed by atoms with van der Waals surface area (Å²) in [7, 11) is 0. The number of carbonyl (C=O) groups is 2. The summed E-state index contributed by atoms with van der Waals surface area (Å²) in [6.45, 7) is -0.246. The van der Waals surface area contributed by atoms with Crippen LogP contribution in [0.25, 0.3) is 0 Å². The van der Waals surface area contributed by atoms with Crippen LogP contribution in [0.4, 0.5) is 0 Å². The molecule has 0 fully saturated rings. The van der Waals surface area contributed by atoms with E-state index in [0.717, 1.165) is 8.47 Å². The van der Waals surface area contributed by atoms with E-state index in [0.29, 0.717) is 11.1 Å². The van der Waals surface area contributed by atoms with Crippen LogP contribution in [0, 0.1) is 3.57 Å². The lowest BCUT2D eigenvalue weighted by molar-refractivity contribution is 0.0474. The highest BCUT2D eigenvalue weighted by molar-refractivity contribution is 14.1. The van der Waals surface area contributed by atoms with Crippen molar-refractivity contribution in [1.29, 1.82) is 0 Å². The molecule has 0 unspecified atom stereocenters. The number of hydrogen-bond acceptors (Lipinski definition) is 4. The second-order valence-electron chi connectivity index (χ2n) is 4.23. The first-order valence-corrected chi connectivity index (χ1v) is 8.50. The van der Waals surface area contributed by atoms with Crippen LogP contribution in [0.2, 0.25) is 0 Å². The van der Waals surface area contributed by atoms with Crippen molar-refractivity contribution in [1.82, 2.24) is 0 Å². The summed E-state index contributed by atoms with van der Waals surface area (Å²) in [4.78, 5) is 24.8. The summed E-state index contributed by atoms with van der Waals surface area (Å²) in [5.74, 6) is -0.693. The minimum absolute atomic E-state index is 0.208. The monoisotopic (exact) mass is 412 g/mol. The third-order valence-corrected chi connectivity index (χ3v) is 4.29. The second kappa shape index (κ2) is 7.61. The van der Waals surface area contributed by atoms with Gasteiger partial charge >= 0.3 is 5.97 Å². The molecule has 5 heteroatoms. The van der Waals surface area contributed by atoms with Crippen molar-refractivity contribution in [2.75, 3.05) is 12.9 Å². The Morgan fingerprint density at radius 2 is 1.57 bits per heavy atom. The molecule has 0 amide bonds. The predicted molar refractivity (Wildman–Crippen MR) is 92.0 cm³/mol. The molecule has 2 rings (SSSR count). The number of carbonyl (C=O) groups excluding carboxylic acids is 2. The molecule has 0 bridgehead atoms. The molecule has 0 saturated carbocycles. The van der Waals surface area contributed by atoms with Gasteiger partial charge in [0, 0.05) is 14.0 Å². The van der Waals surface area contributed by atoms with Gasteiger partial charge in [0.25, 0.3) is 0 Å². The number of esters is 1. The molecule has 0 radical (unpaired) electrons. The Labute approximate surface area is 141 Å². The Hall–Kier alpha value is -1.34. The molecule has 0 heterocycles. The van der Waals surface area contributed by atoms with Gasteiger partial charge in [0.1, 0.15) is 0 Å². The van der Waals surface area contributed by atoms with Gasteiger partial charge in [0.2, 0.25) is 0 Å². The summed E-state index contributed by atoms with van der Waals surface area (Å²) in [5, 5.41) is 0. The van der Waals surface area contributed by atoms with Crippen molar-refractivity contribution in [2.24, 2.45) is 0 Å². The molecule has 0 aliphatic heterocycles. The minimum Gasteiger partial charge on any atom is -0.454 e. The summed E-state index contributed by atoms with van der Waals surface area (Å²) in [6.07, 6.45) is 1.97. The van der Waals surface area contributed by atoms with Crippen LogP contribution in [0.5, 0.6) is 0 Å². The Balaban J connectivity index is 1.93. The summed E-state index contributed by atoms with van der Waals surface area (Å²) < 4.78 is 6.10. The van der Waals surface area contributed by atoms with Crippen LogP contribution in [0.15, 0.2) is 53.4 Å². The number of ether oxygens (including phenoxy) is 1. The largest absolute Gasteiger partial charge is 0.454 e. The fourth-order valence-corrected chi connectivity index (χ4v) is 2.43. The van der Waals surface area contributed by atoms with Crippen LogP contribution in [-0.4, -0.2) is 24.6 Å². The molecule has 0 N–H and O–H groups in total. The average molecular weight is 412 g/mol. The number of ketones is 1. The number of thioether (sulfide) groups is 1. The predicted octanol–water partition coefficient (Wildman–Crippen LogP) is 4.05. The molecule has 0 aliphatic carbocycles. The molecule has 2 aromatic rings. The highest BCUT2D eigenvalue weighted by Gasteiger charge is 2.11. The fourth-order valence-electron chi connectivity index (χ4n) is 1.66. The maximum Gasteiger partial charge on any atom is 0.338 e. The molecule has 21 heavy (non-hydrogen) atoms. The molecule has 0 aliphatic rings. The van der Waals surface area contributed by atoms with Crippen molar-refractivity contribution < 1.29 is 14.3 Å². The Morgan fingerprint density at radius 1 is 1.00 bits per heavy atom. The SMILES string of the molecule is CSc1ccc(C(=O)OCC(=O)c2ccc(I)cc2)cc1. The number of benzene rings is 2. The van der Waals surface area contributed by atoms with Gasteiger partial charge in [-0.1, -0.05) is 12.1 Å². The molecule has 0 spiro atoms. The normalized spacial score (nSPS) is 10.2. The van der Waals surface area contributed by atoms with E-state index in [-0.39, 0.29) is 12.4 Å². The van der Waals surface area contributed by atoms with Gasteiger partial charge in [-0.25, -0.2) is 4.79 Å². The molecule has 2 aromatic carbocycles.